The number of carbonyl (C=O) groups excluding carboxylic acids is 1. The van der Waals surface area contributed by atoms with Gasteiger partial charge in [0, 0.05) is 36.1 Å². The van der Waals surface area contributed by atoms with Crippen LogP contribution in [0.25, 0.3) is 0 Å². The van der Waals surface area contributed by atoms with Crippen molar-refractivity contribution in [2.45, 2.75) is 32.9 Å². The van der Waals surface area contributed by atoms with Crippen molar-refractivity contribution < 1.29 is 28.2 Å². The lowest BCUT2D eigenvalue weighted by molar-refractivity contribution is 0.0713. The molecule has 1 aliphatic heterocycles. The van der Waals surface area contributed by atoms with Crippen LogP contribution in [0.3, 0.4) is 0 Å². The number of halogens is 2. The average molecular weight is 406 g/mol. The number of carboxylic acid groups (broad SMARTS) is 1. The van der Waals surface area contributed by atoms with E-state index in [0.717, 1.165) is 4.90 Å². The van der Waals surface area contributed by atoms with Crippen molar-refractivity contribution >= 4 is 17.8 Å². The highest BCUT2D eigenvalue weighted by Gasteiger charge is 2.35. The Morgan fingerprint density at radius 2 is 2.14 bits per heavy atom. The van der Waals surface area contributed by atoms with Crippen LogP contribution in [0.15, 0.2) is 24.5 Å². The number of aromatic nitrogens is 2. The number of ether oxygens (including phenoxy) is 1. The highest BCUT2D eigenvalue weighted by atomic mass is 19.3. The predicted molar refractivity (Wildman–Crippen MR) is 99.4 cm³/mol. The van der Waals surface area contributed by atoms with E-state index in [1.54, 1.807) is 24.0 Å². The Bertz CT molecular complexity index is 954. The zero-order valence-corrected chi connectivity index (χ0v) is 16.1. The summed E-state index contributed by atoms with van der Waals surface area (Å²) in [6.45, 7) is 2.96. The quantitative estimate of drug-likeness (QED) is 0.791. The molecule has 0 fully saturated rings. The van der Waals surface area contributed by atoms with Gasteiger partial charge in [0.2, 0.25) is 5.88 Å². The predicted octanol–water partition coefficient (Wildman–Crippen LogP) is 3.26. The first-order chi connectivity index (χ1) is 13.7. The summed E-state index contributed by atoms with van der Waals surface area (Å²) in [7, 11) is 1.37. The summed E-state index contributed by atoms with van der Waals surface area (Å²) in [5, 5.41) is 9.24. The van der Waals surface area contributed by atoms with Crippen LogP contribution in [0.2, 0.25) is 0 Å². The summed E-state index contributed by atoms with van der Waals surface area (Å²) < 4.78 is 29.7. The molecule has 0 bridgehead atoms. The number of fused-ring (bicyclic) bond motifs is 1. The number of nitrogens with zero attached hydrogens (tertiary/aromatic N) is 4. The molecule has 0 aliphatic carbocycles. The van der Waals surface area contributed by atoms with Gasteiger partial charge < -0.3 is 14.7 Å². The van der Waals surface area contributed by atoms with Crippen LogP contribution in [0.4, 0.5) is 19.4 Å². The van der Waals surface area contributed by atoms with E-state index >= 15 is 0 Å². The fraction of sp³-hybridized carbons (Fsp3) is 0.368. The minimum absolute atomic E-state index is 0.117. The number of rotatable bonds is 6. The van der Waals surface area contributed by atoms with Crippen molar-refractivity contribution in [1.29, 1.82) is 0 Å². The van der Waals surface area contributed by atoms with Gasteiger partial charge in [-0.1, -0.05) is 0 Å². The van der Waals surface area contributed by atoms with E-state index in [9.17, 15) is 23.5 Å². The van der Waals surface area contributed by atoms with E-state index in [1.165, 1.54) is 19.4 Å². The minimum Gasteiger partial charge on any atom is -0.471 e. The number of hydrogen-bond acceptors (Lipinski definition) is 5. The first-order valence-corrected chi connectivity index (χ1v) is 8.83. The van der Waals surface area contributed by atoms with Crippen molar-refractivity contribution in [2.24, 2.45) is 0 Å². The molecule has 0 radical (unpaired) electrons. The smallest absolute Gasteiger partial charge is 0.412 e. The van der Waals surface area contributed by atoms with Gasteiger partial charge in [-0.25, -0.2) is 23.5 Å². The van der Waals surface area contributed by atoms with Crippen LogP contribution in [0.5, 0.6) is 5.88 Å². The number of aryl methyl sites for hydroxylation is 1. The van der Waals surface area contributed by atoms with Gasteiger partial charge in [0.15, 0.2) is 6.61 Å². The number of carbonyl (C=O) groups is 2. The second-order valence-corrected chi connectivity index (χ2v) is 6.70. The van der Waals surface area contributed by atoms with Gasteiger partial charge in [-0.2, -0.15) is 0 Å². The second kappa shape index (κ2) is 7.98. The van der Waals surface area contributed by atoms with Crippen molar-refractivity contribution in [3.05, 3.63) is 46.8 Å². The maximum Gasteiger partial charge on any atom is 0.412 e. The molecule has 154 valence electrons. The molecule has 10 heteroatoms. The Morgan fingerprint density at radius 1 is 1.41 bits per heavy atom. The Kier molecular flexibility index (Phi) is 5.62. The van der Waals surface area contributed by atoms with Crippen LogP contribution in [0.1, 0.15) is 40.0 Å². The molecule has 0 saturated heterocycles. The highest BCUT2D eigenvalue weighted by Crippen LogP contribution is 2.35. The summed E-state index contributed by atoms with van der Waals surface area (Å²) in [5.41, 5.74) is 2.22. The van der Waals surface area contributed by atoms with E-state index < -0.39 is 19.1 Å². The topological polar surface area (TPSA) is 95.9 Å². The largest absolute Gasteiger partial charge is 0.471 e. The number of hydrogen-bond donors (Lipinski definition) is 1. The van der Waals surface area contributed by atoms with Crippen LogP contribution in [0, 0.1) is 6.92 Å². The van der Waals surface area contributed by atoms with Crippen molar-refractivity contribution in [2.75, 3.05) is 18.6 Å². The fourth-order valence-corrected chi connectivity index (χ4v) is 3.21. The third kappa shape index (κ3) is 3.96. The minimum atomic E-state index is -2.60. The molecule has 0 saturated carbocycles. The molecule has 1 N–H and O–H groups in total. The first kappa shape index (κ1) is 20.4. The zero-order chi connectivity index (χ0) is 21.3. The van der Waals surface area contributed by atoms with Gasteiger partial charge in [0.05, 0.1) is 12.6 Å². The number of pyridine rings is 2. The third-order valence-electron chi connectivity index (χ3n) is 4.80. The second-order valence-electron chi connectivity index (χ2n) is 6.70. The number of amides is 2. The van der Waals surface area contributed by atoms with Crippen LogP contribution in [-0.2, 0) is 6.54 Å². The molecule has 2 amide bonds. The summed E-state index contributed by atoms with van der Waals surface area (Å²) in [6.07, 6.45) is -0.885. The van der Waals surface area contributed by atoms with E-state index in [4.69, 9.17) is 4.74 Å². The van der Waals surface area contributed by atoms with Gasteiger partial charge in [0.25, 0.3) is 12.3 Å². The van der Waals surface area contributed by atoms with Gasteiger partial charge in [-0.15, -0.1) is 0 Å². The SMILES string of the molecule is Cc1cc(C(C)N2Cc3c(ccnc3N(C)C(=O)O)C2=O)cnc1OCC(F)F. The maximum atomic E-state index is 12.9. The molecule has 3 rings (SSSR count). The molecule has 3 heterocycles. The lowest BCUT2D eigenvalue weighted by Crippen LogP contribution is -2.28. The number of alkyl halides is 2. The molecule has 2 aromatic heterocycles. The van der Waals surface area contributed by atoms with E-state index in [-0.39, 0.29) is 30.2 Å². The molecule has 29 heavy (non-hydrogen) atoms. The Labute approximate surface area is 165 Å². The van der Waals surface area contributed by atoms with Gasteiger partial charge in [0.1, 0.15) is 5.82 Å². The van der Waals surface area contributed by atoms with Crippen LogP contribution >= 0.6 is 0 Å². The zero-order valence-electron chi connectivity index (χ0n) is 16.1. The maximum absolute atomic E-state index is 12.9. The third-order valence-corrected chi connectivity index (χ3v) is 4.80. The van der Waals surface area contributed by atoms with E-state index in [2.05, 4.69) is 9.97 Å². The average Bonchev–Trinajstić information content (AvgIpc) is 3.02. The normalized spacial score (nSPS) is 14.1. The lowest BCUT2D eigenvalue weighted by Gasteiger charge is -2.25. The monoisotopic (exact) mass is 406 g/mol. The molecule has 1 atom stereocenters. The molecule has 0 aromatic carbocycles. The van der Waals surface area contributed by atoms with Crippen molar-refractivity contribution in [3.63, 3.8) is 0 Å². The summed E-state index contributed by atoms with van der Waals surface area (Å²) >= 11 is 0. The fourth-order valence-electron chi connectivity index (χ4n) is 3.21. The summed E-state index contributed by atoms with van der Waals surface area (Å²) in [6, 6.07) is 2.92. The molecule has 2 aromatic rings. The Hall–Kier alpha value is -3.30. The van der Waals surface area contributed by atoms with E-state index in [0.29, 0.717) is 22.3 Å². The highest BCUT2D eigenvalue weighted by molar-refractivity contribution is 6.01. The van der Waals surface area contributed by atoms with Crippen LogP contribution < -0.4 is 9.64 Å². The van der Waals surface area contributed by atoms with Gasteiger partial charge in [-0.3, -0.25) is 9.69 Å². The number of anilines is 1. The lowest BCUT2D eigenvalue weighted by atomic mass is 10.1. The molecule has 1 unspecified atom stereocenters. The summed E-state index contributed by atoms with van der Waals surface area (Å²) in [5.74, 6) is 0.0839. The van der Waals surface area contributed by atoms with Gasteiger partial charge in [-0.05, 0) is 31.5 Å². The van der Waals surface area contributed by atoms with E-state index in [1.807, 2.05) is 6.92 Å². The Morgan fingerprint density at radius 3 is 2.76 bits per heavy atom. The molecular formula is C19H20F2N4O4. The summed E-state index contributed by atoms with van der Waals surface area (Å²) in [4.78, 5) is 35.0. The molecule has 8 nitrogen and oxygen atoms in total. The molecule has 0 spiro atoms. The molecular weight excluding hydrogens is 386 g/mol. The molecule has 1 aliphatic rings. The van der Waals surface area contributed by atoms with Crippen molar-refractivity contribution in [1.82, 2.24) is 14.9 Å². The van der Waals surface area contributed by atoms with Crippen LogP contribution in [-0.4, -0.2) is 52.1 Å². The standard InChI is InChI=1S/C19H20F2N4O4/c1-10-6-12(7-23-17(10)29-9-15(20)21)11(2)25-8-14-13(18(25)26)4-5-22-16(14)24(3)19(27)28/h4-7,11,15H,8-9H2,1-3H3,(H,27,28). The van der Waals surface area contributed by atoms with Crippen molar-refractivity contribution in [3.8, 4) is 5.88 Å². The Balaban J connectivity index is 1.84. The first-order valence-electron chi connectivity index (χ1n) is 8.83. The van der Waals surface area contributed by atoms with Gasteiger partial charge >= 0.3 is 6.09 Å².